The third-order valence-electron chi connectivity index (χ3n) is 2.92. The Hall–Kier alpha value is -0.200. The van der Waals surface area contributed by atoms with Gasteiger partial charge in [0.25, 0.3) is 0 Å². The summed E-state index contributed by atoms with van der Waals surface area (Å²) in [5.41, 5.74) is 0.299. The first kappa shape index (κ1) is 13.2. The smallest absolute Gasteiger partial charge is 0.363 e. The number of rotatable bonds is 1. The maximum atomic E-state index is 11.4. The van der Waals surface area contributed by atoms with Crippen LogP contribution in [0.15, 0.2) is 16.8 Å². The zero-order chi connectivity index (χ0) is 12.6. The number of aliphatic imine (C=N–C) groups is 1. The molecule has 4 nitrogen and oxygen atoms in total. The Morgan fingerprint density at radius 3 is 2.76 bits per heavy atom. The molecule has 1 aliphatic carbocycles. The van der Waals surface area contributed by atoms with Gasteiger partial charge in [-0.1, -0.05) is 31.9 Å². The van der Waals surface area contributed by atoms with Crippen LogP contribution < -0.4 is 0 Å². The maximum Gasteiger partial charge on any atom is 0.363 e. The molecule has 6 heteroatoms. The molecule has 2 rings (SSSR count). The van der Waals surface area contributed by atoms with E-state index in [1.54, 1.807) is 13.0 Å². The van der Waals surface area contributed by atoms with Crippen molar-refractivity contribution in [2.24, 2.45) is 10.9 Å². The van der Waals surface area contributed by atoms with Crippen molar-refractivity contribution in [3.63, 3.8) is 0 Å². The van der Waals surface area contributed by atoms with Crippen molar-refractivity contribution in [1.82, 2.24) is 0 Å². The maximum absolute atomic E-state index is 11.4. The normalized spacial score (nSPS) is 40.4. The third kappa shape index (κ3) is 2.98. The van der Waals surface area contributed by atoms with Gasteiger partial charge >= 0.3 is 5.97 Å². The number of aliphatic hydroxyl groups is 1. The lowest BCUT2D eigenvalue weighted by atomic mass is 9.85. The molecule has 0 amide bonds. The molecule has 2 aliphatic rings. The topological polar surface area (TPSA) is 58.9 Å². The van der Waals surface area contributed by atoms with Crippen LogP contribution in [0.5, 0.6) is 0 Å². The summed E-state index contributed by atoms with van der Waals surface area (Å²) in [4.78, 5) is 15.8. The van der Waals surface area contributed by atoms with Gasteiger partial charge in [-0.15, -0.1) is 0 Å². The molecule has 1 N–H and O–H groups in total. The van der Waals surface area contributed by atoms with Crippen molar-refractivity contribution >= 4 is 43.7 Å². The summed E-state index contributed by atoms with van der Waals surface area (Å²) < 4.78 is 4.84. The van der Waals surface area contributed by atoms with Crippen LogP contribution in [-0.2, 0) is 9.53 Å². The second-order valence-electron chi connectivity index (χ2n) is 4.31. The minimum absolute atomic E-state index is 0.0324. The van der Waals surface area contributed by atoms with Crippen molar-refractivity contribution in [3.8, 4) is 0 Å². The Morgan fingerprint density at radius 1 is 1.47 bits per heavy atom. The first-order valence-corrected chi connectivity index (χ1v) is 7.26. The van der Waals surface area contributed by atoms with Gasteiger partial charge in [0.05, 0.1) is 6.10 Å². The van der Waals surface area contributed by atoms with Gasteiger partial charge in [-0.3, -0.25) is 0 Å². The average Bonchev–Trinajstić information content (AvgIpc) is 2.53. The molecule has 17 heavy (non-hydrogen) atoms. The highest BCUT2D eigenvalue weighted by Crippen LogP contribution is 2.35. The van der Waals surface area contributed by atoms with Crippen LogP contribution in [0.2, 0.25) is 0 Å². The van der Waals surface area contributed by atoms with E-state index in [-0.39, 0.29) is 10.7 Å². The molecule has 0 saturated heterocycles. The lowest BCUT2D eigenvalue weighted by molar-refractivity contribution is -0.130. The van der Waals surface area contributed by atoms with Gasteiger partial charge in [-0.25, -0.2) is 9.79 Å². The number of halogens is 2. The molecule has 1 fully saturated rings. The monoisotopic (exact) mass is 365 g/mol. The molecule has 4 unspecified atom stereocenters. The molecule has 0 bridgehead atoms. The molecule has 0 aromatic rings. The number of esters is 1. The van der Waals surface area contributed by atoms with Crippen LogP contribution in [0.25, 0.3) is 0 Å². The second-order valence-corrected chi connectivity index (χ2v) is 6.78. The number of alkyl halides is 2. The van der Waals surface area contributed by atoms with Gasteiger partial charge in [-0.05, 0) is 18.9 Å². The van der Waals surface area contributed by atoms with E-state index in [9.17, 15) is 9.90 Å². The summed E-state index contributed by atoms with van der Waals surface area (Å²) in [6.45, 7) is 1.64. The number of hydrogen-bond acceptors (Lipinski definition) is 4. The van der Waals surface area contributed by atoms with E-state index in [0.717, 1.165) is 12.8 Å². The largest absolute Gasteiger partial charge is 0.407 e. The van der Waals surface area contributed by atoms with E-state index in [4.69, 9.17) is 4.74 Å². The number of ether oxygens (including phenoxy) is 1. The second kappa shape index (κ2) is 5.20. The summed E-state index contributed by atoms with van der Waals surface area (Å²) in [6, 6.07) is 0. The quantitative estimate of drug-likeness (QED) is 0.439. The van der Waals surface area contributed by atoms with Gasteiger partial charge in [0, 0.05) is 22.5 Å². The summed E-state index contributed by atoms with van der Waals surface area (Å²) in [5.74, 6) is -0.162. The predicted octanol–water partition coefficient (Wildman–Crippen LogP) is 2.14. The average molecular weight is 367 g/mol. The molecule has 1 saturated carbocycles. The molecule has 94 valence electrons. The van der Waals surface area contributed by atoms with Crippen molar-refractivity contribution in [3.05, 3.63) is 11.8 Å². The molecule has 0 radical (unpaired) electrons. The zero-order valence-electron chi connectivity index (χ0n) is 9.27. The van der Waals surface area contributed by atoms with Crippen molar-refractivity contribution < 1.29 is 14.6 Å². The van der Waals surface area contributed by atoms with Gasteiger partial charge in [0.15, 0.2) is 5.90 Å². The SMILES string of the molecule is CC1=N/C(=C\C2CC(Br)CC(Br)C2O)C(=O)O1. The van der Waals surface area contributed by atoms with Gasteiger partial charge in [0.1, 0.15) is 5.70 Å². The Labute approximate surface area is 116 Å². The Kier molecular flexibility index (Phi) is 4.05. The molecule has 0 aromatic carbocycles. The highest BCUT2D eigenvalue weighted by Gasteiger charge is 2.34. The van der Waals surface area contributed by atoms with E-state index in [1.807, 2.05) is 0 Å². The van der Waals surface area contributed by atoms with Gasteiger partial charge < -0.3 is 9.84 Å². The Balaban J connectivity index is 2.17. The highest BCUT2D eigenvalue weighted by atomic mass is 79.9. The van der Waals surface area contributed by atoms with Gasteiger partial charge in [0.2, 0.25) is 0 Å². The number of cyclic esters (lactones) is 1. The van der Waals surface area contributed by atoms with Crippen LogP contribution in [0, 0.1) is 5.92 Å². The zero-order valence-corrected chi connectivity index (χ0v) is 12.4. The van der Waals surface area contributed by atoms with E-state index in [2.05, 4.69) is 36.9 Å². The first-order chi connectivity index (χ1) is 7.97. The first-order valence-electron chi connectivity index (χ1n) is 5.43. The fourth-order valence-electron chi connectivity index (χ4n) is 2.08. The number of carbonyl (C=O) groups is 1. The standard InChI is InChI=1S/C11H13Br2NO3/c1-5-14-9(11(16)17-5)3-6-2-7(12)4-8(13)10(6)15/h3,6-8,10,15H,2,4H2,1H3/b9-3-. The van der Waals surface area contributed by atoms with Crippen molar-refractivity contribution in [1.29, 1.82) is 0 Å². The van der Waals surface area contributed by atoms with Crippen molar-refractivity contribution in [2.75, 3.05) is 0 Å². The molecular formula is C11H13Br2NO3. The minimum Gasteiger partial charge on any atom is -0.407 e. The van der Waals surface area contributed by atoms with E-state index in [0.29, 0.717) is 16.4 Å². The summed E-state index contributed by atoms with van der Waals surface area (Å²) >= 11 is 7.00. The summed E-state index contributed by atoms with van der Waals surface area (Å²) in [7, 11) is 0. The lowest BCUT2D eigenvalue weighted by Gasteiger charge is -2.32. The molecule has 0 spiro atoms. The molecule has 1 heterocycles. The van der Waals surface area contributed by atoms with Crippen LogP contribution >= 0.6 is 31.9 Å². The third-order valence-corrected chi connectivity index (χ3v) is 4.58. The van der Waals surface area contributed by atoms with Crippen LogP contribution in [0.4, 0.5) is 0 Å². The van der Waals surface area contributed by atoms with E-state index in [1.165, 1.54) is 0 Å². The van der Waals surface area contributed by atoms with Crippen LogP contribution in [-0.4, -0.2) is 32.7 Å². The Bertz CT molecular complexity index is 394. The molecule has 0 aromatic heterocycles. The number of nitrogens with zero attached hydrogens (tertiary/aromatic N) is 1. The van der Waals surface area contributed by atoms with Crippen LogP contribution in [0.3, 0.4) is 0 Å². The summed E-state index contributed by atoms with van der Waals surface area (Å²) in [5, 5.41) is 10.1. The predicted molar refractivity (Wildman–Crippen MR) is 71.4 cm³/mol. The molecule has 1 aliphatic heterocycles. The van der Waals surface area contributed by atoms with E-state index >= 15 is 0 Å². The van der Waals surface area contributed by atoms with Crippen molar-refractivity contribution in [2.45, 2.75) is 35.5 Å². The van der Waals surface area contributed by atoms with Gasteiger partial charge in [-0.2, -0.15) is 0 Å². The molecular weight excluding hydrogens is 354 g/mol. The molecule has 4 atom stereocenters. The highest BCUT2D eigenvalue weighted by molar-refractivity contribution is 9.10. The lowest BCUT2D eigenvalue weighted by Crippen LogP contribution is -2.37. The summed E-state index contributed by atoms with van der Waals surface area (Å²) in [6.07, 6.45) is 2.87. The fraction of sp³-hybridized carbons (Fsp3) is 0.636. The Morgan fingerprint density at radius 2 is 2.18 bits per heavy atom. The van der Waals surface area contributed by atoms with E-state index < -0.39 is 12.1 Å². The number of hydrogen-bond donors (Lipinski definition) is 1. The van der Waals surface area contributed by atoms with Crippen LogP contribution in [0.1, 0.15) is 19.8 Å². The number of carbonyl (C=O) groups excluding carboxylic acids is 1. The fourth-order valence-corrected chi connectivity index (χ4v) is 4.26. The number of aliphatic hydroxyl groups excluding tert-OH is 1. The minimum atomic E-state index is -0.500.